The third-order valence-corrected chi connectivity index (χ3v) is 4.79. The maximum absolute atomic E-state index is 6.02. The van der Waals surface area contributed by atoms with Gasteiger partial charge in [-0.05, 0) is 34.8 Å². The van der Waals surface area contributed by atoms with E-state index in [2.05, 4.69) is 55.1 Å². The molecule has 0 fully saturated rings. The molecule has 0 saturated carbocycles. The first-order valence-electron chi connectivity index (χ1n) is 7.05. The van der Waals surface area contributed by atoms with E-state index in [1.54, 1.807) is 11.8 Å². The zero-order chi connectivity index (χ0) is 15.5. The smallest absolute Gasteiger partial charge is 0.191 e. The summed E-state index contributed by atoms with van der Waals surface area (Å²) in [5, 5.41) is 0.697. The number of nitrogens with two attached hydrogens (primary N) is 1. The summed E-state index contributed by atoms with van der Waals surface area (Å²) in [5.74, 6) is 1.34. The van der Waals surface area contributed by atoms with Crippen molar-refractivity contribution in [3.63, 3.8) is 0 Å². The highest BCUT2D eigenvalue weighted by atomic mass is 79.9. The fraction of sp³-hybridized carbons (Fsp3) is 0.267. The zero-order valence-electron chi connectivity index (χ0n) is 12.2. The predicted molar refractivity (Wildman–Crippen MR) is 94.0 cm³/mol. The molecule has 0 amide bonds. The van der Waals surface area contributed by atoms with Gasteiger partial charge in [0, 0.05) is 12.3 Å². The highest BCUT2D eigenvalue weighted by Crippen LogP contribution is 2.25. The van der Waals surface area contributed by atoms with Crippen LogP contribution in [0.15, 0.2) is 40.2 Å². The molecule has 0 saturated heterocycles. The Hall–Kier alpha value is -1.60. The summed E-state index contributed by atoms with van der Waals surface area (Å²) < 4.78 is 2.71. The molecule has 22 heavy (non-hydrogen) atoms. The van der Waals surface area contributed by atoms with Crippen molar-refractivity contribution >= 4 is 44.7 Å². The Balaban J connectivity index is 1.79. The molecule has 7 heteroatoms. The van der Waals surface area contributed by atoms with Crippen LogP contribution < -0.4 is 5.73 Å². The fourth-order valence-corrected chi connectivity index (χ4v) is 3.65. The van der Waals surface area contributed by atoms with E-state index in [0.717, 1.165) is 29.1 Å². The molecule has 0 radical (unpaired) electrons. The average molecular weight is 378 g/mol. The number of hydrogen-bond donors (Lipinski definition) is 1. The Morgan fingerprint density at radius 3 is 2.68 bits per heavy atom. The summed E-state index contributed by atoms with van der Waals surface area (Å²) in [6.07, 6.45) is 0.976. The third-order valence-electron chi connectivity index (χ3n) is 3.34. The van der Waals surface area contributed by atoms with Gasteiger partial charge in [0.1, 0.15) is 0 Å². The number of halogens is 1. The normalized spacial score (nSPS) is 11.2. The number of thioether (sulfide) groups is 1. The van der Waals surface area contributed by atoms with Gasteiger partial charge in [-0.15, -0.1) is 0 Å². The van der Waals surface area contributed by atoms with Crippen molar-refractivity contribution in [3.8, 4) is 0 Å². The van der Waals surface area contributed by atoms with Gasteiger partial charge >= 0.3 is 0 Å². The Kier molecular flexibility index (Phi) is 4.63. The van der Waals surface area contributed by atoms with E-state index in [-0.39, 0.29) is 0 Å². The van der Waals surface area contributed by atoms with Crippen molar-refractivity contribution < 1.29 is 0 Å². The molecule has 0 aliphatic rings. The number of hydrogen-bond acceptors (Lipinski definition) is 5. The number of rotatable bonds is 5. The minimum Gasteiger partial charge on any atom is -0.382 e. The summed E-state index contributed by atoms with van der Waals surface area (Å²) in [6.45, 7) is 2.83. The first-order chi connectivity index (χ1) is 10.7. The molecule has 114 valence electrons. The SMILES string of the molecule is CCn1c(Br)nc2c(N)nc(SCCc3ccccc3)nc21. The highest BCUT2D eigenvalue weighted by Gasteiger charge is 2.14. The number of aryl methyl sites for hydroxylation is 2. The minimum atomic E-state index is 0.431. The monoisotopic (exact) mass is 377 g/mol. The molecule has 0 aliphatic carbocycles. The molecule has 0 bridgehead atoms. The van der Waals surface area contributed by atoms with Crippen LogP contribution in [0, 0.1) is 0 Å². The van der Waals surface area contributed by atoms with Gasteiger partial charge in [0.15, 0.2) is 26.9 Å². The van der Waals surface area contributed by atoms with Gasteiger partial charge in [-0.3, -0.25) is 0 Å². The van der Waals surface area contributed by atoms with E-state index >= 15 is 0 Å². The quantitative estimate of drug-likeness (QED) is 0.418. The Bertz CT molecular complexity index is 787. The van der Waals surface area contributed by atoms with Crippen molar-refractivity contribution in [2.75, 3.05) is 11.5 Å². The second-order valence-electron chi connectivity index (χ2n) is 4.77. The van der Waals surface area contributed by atoms with Crippen molar-refractivity contribution in [1.82, 2.24) is 19.5 Å². The molecule has 3 aromatic rings. The van der Waals surface area contributed by atoms with E-state index in [4.69, 9.17) is 5.73 Å². The molecule has 0 unspecified atom stereocenters. The van der Waals surface area contributed by atoms with Gasteiger partial charge in [-0.1, -0.05) is 42.1 Å². The minimum absolute atomic E-state index is 0.431. The van der Waals surface area contributed by atoms with Crippen molar-refractivity contribution in [2.24, 2.45) is 0 Å². The molecule has 2 heterocycles. The first kappa shape index (κ1) is 15.3. The second-order valence-corrected chi connectivity index (χ2v) is 6.54. The molecule has 1 aromatic carbocycles. The number of nitrogen functional groups attached to an aromatic ring is 1. The predicted octanol–water partition coefficient (Wildman–Crippen LogP) is 3.53. The van der Waals surface area contributed by atoms with Gasteiger partial charge < -0.3 is 10.3 Å². The van der Waals surface area contributed by atoms with Crippen LogP contribution in [0.25, 0.3) is 11.2 Å². The number of aromatic nitrogens is 4. The largest absolute Gasteiger partial charge is 0.382 e. The third kappa shape index (κ3) is 3.10. The average Bonchev–Trinajstić information content (AvgIpc) is 2.84. The van der Waals surface area contributed by atoms with Crippen molar-refractivity contribution in [2.45, 2.75) is 25.0 Å². The van der Waals surface area contributed by atoms with E-state index in [1.165, 1.54) is 5.56 Å². The van der Waals surface area contributed by atoms with Crippen LogP contribution in [-0.4, -0.2) is 25.3 Å². The molecule has 5 nitrogen and oxygen atoms in total. The van der Waals surface area contributed by atoms with Crippen molar-refractivity contribution in [1.29, 1.82) is 0 Å². The van der Waals surface area contributed by atoms with Crippen LogP contribution in [0.4, 0.5) is 5.82 Å². The zero-order valence-corrected chi connectivity index (χ0v) is 14.6. The van der Waals surface area contributed by atoms with Crippen LogP contribution in [0.5, 0.6) is 0 Å². The number of imidazole rings is 1. The van der Waals surface area contributed by atoms with E-state index in [1.807, 2.05) is 17.6 Å². The second kappa shape index (κ2) is 6.66. The number of fused-ring (bicyclic) bond motifs is 1. The number of nitrogens with zero attached hydrogens (tertiary/aromatic N) is 4. The van der Waals surface area contributed by atoms with Gasteiger partial charge in [-0.2, -0.15) is 0 Å². The van der Waals surface area contributed by atoms with Gasteiger partial charge in [0.25, 0.3) is 0 Å². The topological polar surface area (TPSA) is 69.6 Å². The van der Waals surface area contributed by atoms with Crippen LogP contribution in [-0.2, 0) is 13.0 Å². The molecule has 2 N–H and O–H groups in total. The molecule has 0 atom stereocenters. The van der Waals surface area contributed by atoms with Crippen molar-refractivity contribution in [3.05, 3.63) is 40.6 Å². The molecule has 0 spiro atoms. The van der Waals surface area contributed by atoms with E-state index in [9.17, 15) is 0 Å². The highest BCUT2D eigenvalue weighted by molar-refractivity contribution is 9.10. The van der Waals surface area contributed by atoms with Crippen LogP contribution >= 0.6 is 27.7 Å². The van der Waals surface area contributed by atoms with Crippen LogP contribution in [0.1, 0.15) is 12.5 Å². The van der Waals surface area contributed by atoms with Crippen LogP contribution in [0.2, 0.25) is 0 Å². The lowest BCUT2D eigenvalue weighted by Gasteiger charge is -2.04. The lowest BCUT2D eigenvalue weighted by Crippen LogP contribution is -2.01. The number of benzene rings is 1. The summed E-state index contributed by atoms with van der Waals surface area (Å²) in [5.41, 5.74) is 8.76. The van der Waals surface area contributed by atoms with Gasteiger partial charge in [-0.25, -0.2) is 15.0 Å². The molecular formula is C15H16BrN5S. The Morgan fingerprint density at radius 1 is 1.18 bits per heavy atom. The first-order valence-corrected chi connectivity index (χ1v) is 8.83. The summed E-state index contributed by atoms with van der Waals surface area (Å²) in [6, 6.07) is 10.4. The van der Waals surface area contributed by atoms with Crippen LogP contribution in [0.3, 0.4) is 0 Å². The molecule has 2 aromatic heterocycles. The van der Waals surface area contributed by atoms with Gasteiger partial charge in [0.2, 0.25) is 0 Å². The standard InChI is InChI=1S/C15H16BrN5S/c1-2-21-13-11(18-14(21)16)12(17)19-15(20-13)22-9-8-10-6-4-3-5-7-10/h3-7H,2,8-9H2,1H3,(H2,17,19,20). The van der Waals surface area contributed by atoms with Gasteiger partial charge in [0.05, 0.1) is 0 Å². The maximum atomic E-state index is 6.02. The summed E-state index contributed by atoms with van der Waals surface area (Å²) >= 11 is 5.05. The summed E-state index contributed by atoms with van der Waals surface area (Å²) in [4.78, 5) is 13.3. The lowest BCUT2D eigenvalue weighted by molar-refractivity contribution is 0.751. The summed E-state index contributed by atoms with van der Waals surface area (Å²) in [7, 11) is 0. The number of anilines is 1. The molecule has 3 rings (SSSR count). The van der Waals surface area contributed by atoms with E-state index in [0.29, 0.717) is 16.5 Å². The molecular weight excluding hydrogens is 362 g/mol. The van der Waals surface area contributed by atoms with E-state index < -0.39 is 0 Å². The Labute approximate surface area is 141 Å². The molecule has 0 aliphatic heterocycles. The fourth-order valence-electron chi connectivity index (χ4n) is 2.22. The maximum Gasteiger partial charge on any atom is 0.191 e. The lowest BCUT2D eigenvalue weighted by atomic mass is 10.2. The Morgan fingerprint density at radius 2 is 1.95 bits per heavy atom.